The fourth-order valence-corrected chi connectivity index (χ4v) is 4.13. The van der Waals surface area contributed by atoms with Crippen LogP contribution in [0.2, 0.25) is 0 Å². The zero-order valence-corrected chi connectivity index (χ0v) is 18.2. The van der Waals surface area contributed by atoms with Crippen molar-refractivity contribution in [1.29, 1.82) is 0 Å². The number of benzene rings is 3. The number of nitrogens with zero attached hydrogens (tertiary/aromatic N) is 2. The quantitative estimate of drug-likeness (QED) is 0.237. The Morgan fingerprint density at radius 3 is 2.47 bits per heavy atom. The summed E-state index contributed by atoms with van der Waals surface area (Å²) in [6.07, 6.45) is 0. The van der Waals surface area contributed by atoms with Crippen LogP contribution >= 0.6 is 11.8 Å². The lowest BCUT2D eigenvalue weighted by molar-refractivity contribution is 0.344. The maximum Gasteiger partial charge on any atom is 0.266 e. The summed E-state index contributed by atoms with van der Waals surface area (Å²) < 4.78 is 7.59. The predicted octanol–water partition coefficient (Wildman–Crippen LogP) is 5.48. The molecule has 0 saturated heterocycles. The molecule has 1 heterocycles. The molecule has 0 amide bonds. The third-order valence-corrected chi connectivity index (χ3v) is 5.86. The van der Waals surface area contributed by atoms with E-state index >= 15 is 0 Å². The van der Waals surface area contributed by atoms with Crippen LogP contribution in [0.1, 0.15) is 16.7 Å². The van der Waals surface area contributed by atoms with Crippen LogP contribution in [-0.4, -0.2) is 21.9 Å². The molecule has 1 aromatic heterocycles. The summed E-state index contributed by atoms with van der Waals surface area (Å²) in [6, 6.07) is 21.7. The highest BCUT2D eigenvalue weighted by Gasteiger charge is 2.15. The number of aromatic nitrogens is 2. The second kappa shape index (κ2) is 8.76. The molecule has 30 heavy (non-hydrogen) atoms. The van der Waals surface area contributed by atoms with Crippen molar-refractivity contribution in [1.82, 2.24) is 9.55 Å². The molecule has 5 heteroatoms. The van der Waals surface area contributed by atoms with Gasteiger partial charge in [0.1, 0.15) is 5.75 Å². The Hall–Kier alpha value is -3.05. The van der Waals surface area contributed by atoms with E-state index in [2.05, 4.69) is 13.0 Å². The Morgan fingerprint density at radius 1 is 0.933 bits per heavy atom. The first-order chi connectivity index (χ1) is 14.5. The summed E-state index contributed by atoms with van der Waals surface area (Å²) in [5, 5.41) is 1.30. The number of thioether (sulfide) groups is 1. The first-order valence-corrected chi connectivity index (χ1v) is 10.9. The van der Waals surface area contributed by atoms with E-state index in [1.54, 1.807) is 4.57 Å². The van der Waals surface area contributed by atoms with Gasteiger partial charge in [0.25, 0.3) is 5.56 Å². The van der Waals surface area contributed by atoms with E-state index in [-0.39, 0.29) is 5.56 Å². The highest BCUT2D eigenvalue weighted by Crippen LogP contribution is 2.24. The van der Waals surface area contributed by atoms with Gasteiger partial charge in [0, 0.05) is 5.75 Å². The lowest BCUT2D eigenvalue weighted by Crippen LogP contribution is -2.23. The predicted molar refractivity (Wildman–Crippen MR) is 124 cm³/mol. The molecule has 0 unspecified atom stereocenters. The standard InChI is InChI=1S/C25H24N2O2S/c1-17-9-12-20(13-10-17)29-14-15-30-25-26-22-7-5-4-6-21(22)24(28)27(25)23-16-18(2)8-11-19(23)3/h4-13,16H,14-15H2,1-3H3. The van der Waals surface area contributed by atoms with Gasteiger partial charge >= 0.3 is 0 Å². The van der Waals surface area contributed by atoms with E-state index < -0.39 is 0 Å². The summed E-state index contributed by atoms with van der Waals surface area (Å²) in [5.41, 5.74) is 4.89. The van der Waals surface area contributed by atoms with Crippen LogP contribution in [0.4, 0.5) is 0 Å². The van der Waals surface area contributed by atoms with Gasteiger partial charge in [-0.3, -0.25) is 9.36 Å². The Bertz CT molecular complexity index is 1250. The lowest BCUT2D eigenvalue weighted by atomic mass is 10.1. The van der Waals surface area contributed by atoms with E-state index in [0.717, 1.165) is 22.6 Å². The van der Waals surface area contributed by atoms with Crippen LogP contribution in [0.5, 0.6) is 5.75 Å². The van der Waals surface area contributed by atoms with E-state index in [9.17, 15) is 4.79 Å². The molecule has 152 valence electrons. The van der Waals surface area contributed by atoms with Crippen LogP contribution in [-0.2, 0) is 0 Å². The van der Waals surface area contributed by atoms with Crippen molar-refractivity contribution < 1.29 is 4.74 Å². The van der Waals surface area contributed by atoms with Crippen LogP contribution in [0, 0.1) is 20.8 Å². The number of hydrogen-bond donors (Lipinski definition) is 0. The number of para-hydroxylation sites is 1. The molecule has 0 aliphatic carbocycles. The Labute approximate surface area is 180 Å². The van der Waals surface area contributed by atoms with Crippen LogP contribution < -0.4 is 10.3 Å². The zero-order chi connectivity index (χ0) is 21.1. The van der Waals surface area contributed by atoms with E-state index in [1.807, 2.05) is 74.5 Å². The van der Waals surface area contributed by atoms with E-state index in [4.69, 9.17) is 9.72 Å². The molecule has 4 rings (SSSR count). The van der Waals surface area contributed by atoms with Crippen molar-refractivity contribution in [3.8, 4) is 11.4 Å². The molecular formula is C25H24N2O2S. The molecule has 0 aliphatic rings. The second-order valence-electron chi connectivity index (χ2n) is 7.35. The number of rotatable bonds is 6. The number of fused-ring (bicyclic) bond motifs is 1. The summed E-state index contributed by atoms with van der Waals surface area (Å²) in [6.45, 7) is 6.64. The molecular weight excluding hydrogens is 392 g/mol. The SMILES string of the molecule is Cc1ccc(OCCSc2nc3ccccc3c(=O)n2-c2cc(C)ccc2C)cc1. The van der Waals surface area contributed by atoms with E-state index in [1.165, 1.54) is 17.3 Å². The molecule has 0 bridgehead atoms. The monoisotopic (exact) mass is 416 g/mol. The third kappa shape index (κ3) is 4.26. The third-order valence-electron chi connectivity index (χ3n) is 4.95. The smallest absolute Gasteiger partial charge is 0.266 e. The molecule has 3 aromatic carbocycles. The molecule has 0 atom stereocenters. The van der Waals surface area contributed by atoms with Gasteiger partial charge in [0.05, 0.1) is 23.2 Å². The van der Waals surface area contributed by atoms with Gasteiger partial charge in [-0.15, -0.1) is 0 Å². The van der Waals surface area contributed by atoms with Gasteiger partial charge in [0.2, 0.25) is 0 Å². The van der Waals surface area contributed by atoms with Gasteiger partial charge in [-0.1, -0.05) is 53.7 Å². The first-order valence-electron chi connectivity index (χ1n) is 9.94. The van der Waals surface area contributed by atoms with Crippen LogP contribution in [0.3, 0.4) is 0 Å². The first kappa shape index (κ1) is 20.2. The van der Waals surface area contributed by atoms with Crippen molar-refractivity contribution in [2.24, 2.45) is 0 Å². The lowest BCUT2D eigenvalue weighted by Gasteiger charge is -2.16. The molecule has 4 aromatic rings. The highest BCUT2D eigenvalue weighted by atomic mass is 32.2. The summed E-state index contributed by atoms with van der Waals surface area (Å²) in [5.74, 6) is 1.53. The van der Waals surface area contributed by atoms with Gasteiger partial charge in [0.15, 0.2) is 5.16 Å². The summed E-state index contributed by atoms with van der Waals surface area (Å²) in [7, 11) is 0. The van der Waals surface area contributed by atoms with Gasteiger partial charge < -0.3 is 4.74 Å². The van der Waals surface area contributed by atoms with Crippen molar-refractivity contribution in [2.75, 3.05) is 12.4 Å². The fourth-order valence-electron chi connectivity index (χ4n) is 3.31. The topological polar surface area (TPSA) is 44.1 Å². The van der Waals surface area contributed by atoms with Crippen molar-refractivity contribution >= 4 is 22.7 Å². The Morgan fingerprint density at radius 2 is 1.67 bits per heavy atom. The fraction of sp³-hybridized carbons (Fsp3) is 0.200. The van der Waals surface area contributed by atoms with Crippen molar-refractivity contribution in [3.05, 3.63) is 93.8 Å². The van der Waals surface area contributed by atoms with E-state index in [0.29, 0.717) is 28.4 Å². The zero-order valence-electron chi connectivity index (χ0n) is 17.4. The molecule has 0 spiro atoms. The molecule has 0 radical (unpaired) electrons. The van der Waals surface area contributed by atoms with Crippen LogP contribution in [0.25, 0.3) is 16.6 Å². The largest absolute Gasteiger partial charge is 0.493 e. The average molecular weight is 417 g/mol. The average Bonchev–Trinajstić information content (AvgIpc) is 2.75. The highest BCUT2D eigenvalue weighted by molar-refractivity contribution is 7.99. The summed E-state index contributed by atoms with van der Waals surface area (Å²) >= 11 is 1.53. The minimum Gasteiger partial charge on any atom is -0.493 e. The Balaban J connectivity index is 1.66. The van der Waals surface area contributed by atoms with Gasteiger partial charge in [-0.05, 0) is 62.2 Å². The van der Waals surface area contributed by atoms with Crippen molar-refractivity contribution in [2.45, 2.75) is 25.9 Å². The maximum absolute atomic E-state index is 13.4. The van der Waals surface area contributed by atoms with Crippen molar-refractivity contribution in [3.63, 3.8) is 0 Å². The molecule has 4 nitrogen and oxygen atoms in total. The number of ether oxygens (including phenoxy) is 1. The second-order valence-corrected chi connectivity index (χ2v) is 8.41. The van der Waals surface area contributed by atoms with Gasteiger partial charge in [-0.2, -0.15) is 0 Å². The van der Waals surface area contributed by atoms with Gasteiger partial charge in [-0.25, -0.2) is 4.98 Å². The minimum atomic E-state index is -0.0451. The van der Waals surface area contributed by atoms with Crippen LogP contribution in [0.15, 0.2) is 76.7 Å². The normalized spacial score (nSPS) is 11.0. The molecule has 0 aliphatic heterocycles. The Kier molecular flexibility index (Phi) is 5.91. The number of aryl methyl sites for hydroxylation is 3. The summed E-state index contributed by atoms with van der Waals surface area (Å²) in [4.78, 5) is 18.2. The molecule has 0 fully saturated rings. The maximum atomic E-state index is 13.4. The molecule has 0 saturated carbocycles. The minimum absolute atomic E-state index is 0.0451. The molecule has 0 N–H and O–H groups in total. The number of hydrogen-bond acceptors (Lipinski definition) is 4.